The Hall–Kier alpha value is -0.960. The standard InChI is InChI=1S/C15H23O4P/c1-10-6-11(2)14(15(4,5)8-12(3)16)13(7-10)9-20(17,18)19/h6-7H,8-9H2,1-5H3,(H2,17,18,19). The molecule has 1 rings (SSSR count). The average molecular weight is 298 g/mol. The quantitative estimate of drug-likeness (QED) is 0.818. The van der Waals surface area contributed by atoms with Gasteiger partial charge in [0.15, 0.2) is 0 Å². The zero-order valence-electron chi connectivity index (χ0n) is 12.7. The van der Waals surface area contributed by atoms with Crippen molar-refractivity contribution in [2.24, 2.45) is 0 Å². The molecule has 0 atom stereocenters. The van der Waals surface area contributed by atoms with Crippen LogP contribution in [-0.4, -0.2) is 15.6 Å². The normalized spacial score (nSPS) is 12.6. The first kappa shape index (κ1) is 17.1. The van der Waals surface area contributed by atoms with E-state index >= 15 is 0 Å². The van der Waals surface area contributed by atoms with Gasteiger partial charge in [-0.2, -0.15) is 0 Å². The molecule has 0 heterocycles. The van der Waals surface area contributed by atoms with E-state index < -0.39 is 13.0 Å². The second-order valence-electron chi connectivity index (χ2n) is 6.20. The Bertz CT molecular complexity index is 569. The van der Waals surface area contributed by atoms with Crippen molar-refractivity contribution in [1.82, 2.24) is 0 Å². The van der Waals surface area contributed by atoms with E-state index in [1.54, 1.807) is 0 Å². The van der Waals surface area contributed by atoms with E-state index in [1.165, 1.54) is 6.92 Å². The van der Waals surface area contributed by atoms with Crippen LogP contribution in [0.25, 0.3) is 0 Å². The molecular weight excluding hydrogens is 275 g/mol. The fourth-order valence-corrected chi connectivity index (χ4v) is 3.77. The van der Waals surface area contributed by atoms with Gasteiger partial charge in [0.25, 0.3) is 0 Å². The van der Waals surface area contributed by atoms with Crippen LogP contribution in [0.15, 0.2) is 12.1 Å². The largest absolute Gasteiger partial charge is 0.329 e. The number of carbonyl (C=O) groups excluding carboxylic acids is 1. The lowest BCUT2D eigenvalue weighted by atomic mass is 9.75. The molecule has 0 amide bonds. The second kappa shape index (κ2) is 5.80. The third-order valence-corrected chi connectivity index (χ3v) is 4.06. The van der Waals surface area contributed by atoms with Crippen molar-refractivity contribution >= 4 is 13.4 Å². The summed E-state index contributed by atoms with van der Waals surface area (Å²) in [6, 6.07) is 3.80. The van der Waals surface area contributed by atoms with Gasteiger partial charge in [0.1, 0.15) is 5.78 Å². The Morgan fingerprint density at radius 1 is 1.25 bits per heavy atom. The molecule has 0 aliphatic rings. The first-order valence-corrected chi connectivity index (χ1v) is 8.37. The fraction of sp³-hybridized carbons (Fsp3) is 0.533. The van der Waals surface area contributed by atoms with Crippen molar-refractivity contribution in [2.75, 3.05) is 0 Å². The van der Waals surface area contributed by atoms with Gasteiger partial charge >= 0.3 is 7.60 Å². The van der Waals surface area contributed by atoms with Gasteiger partial charge in [-0.3, -0.25) is 9.36 Å². The second-order valence-corrected chi connectivity index (χ2v) is 7.85. The highest BCUT2D eigenvalue weighted by atomic mass is 31.2. The van der Waals surface area contributed by atoms with Crippen LogP contribution in [-0.2, 0) is 20.9 Å². The molecule has 0 saturated heterocycles. The Morgan fingerprint density at radius 2 is 1.80 bits per heavy atom. The van der Waals surface area contributed by atoms with Crippen molar-refractivity contribution in [3.63, 3.8) is 0 Å². The number of carbonyl (C=O) groups is 1. The third kappa shape index (κ3) is 4.55. The average Bonchev–Trinajstić information content (AvgIpc) is 2.08. The SMILES string of the molecule is CC(=O)CC(C)(C)c1c(C)cc(C)cc1CP(=O)(O)O. The summed E-state index contributed by atoms with van der Waals surface area (Å²) in [5.41, 5.74) is 3.02. The van der Waals surface area contributed by atoms with Gasteiger partial charge in [-0.25, -0.2) is 0 Å². The van der Waals surface area contributed by atoms with Crippen LogP contribution < -0.4 is 0 Å². The van der Waals surface area contributed by atoms with Gasteiger partial charge in [0, 0.05) is 6.42 Å². The maximum Gasteiger partial charge on any atom is 0.329 e. The molecule has 0 unspecified atom stereocenters. The molecule has 1 aromatic carbocycles. The number of ketones is 1. The van der Waals surface area contributed by atoms with Crippen molar-refractivity contribution in [1.29, 1.82) is 0 Å². The molecule has 0 bridgehead atoms. The lowest BCUT2D eigenvalue weighted by molar-refractivity contribution is -0.118. The van der Waals surface area contributed by atoms with Crippen LogP contribution >= 0.6 is 7.60 Å². The van der Waals surface area contributed by atoms with Gasteiger partial charge in [0.2, 0.25) is 0 Å². The molecule has 0 spiro atoms. The predicted molar refractivity (Wildman–Crippen MR) is 80.0 cm³/mol. The van der Waals surface area contributed by atoms with Crippen LogP contribution in [0.3, 0.4) is 0 Å². The number of Topliss-reactive ketones (excluding diaryl/α,β-unsaturated/α-hetero) is 1. The zero-order chi connectivity index (χ0) is 15.7. The van der Waals surface area contributed by atoms with E-state index in [9.17, 15) is 19.1 Å². The summed E-state index contributed by atoms with van der Waals surface area (Å²) in [5.74, 6) is 0.0668. The van der Waals surface area contributed by atoms with E-state index in [1.807, 2.05) is 39.8 Å². The molecule has 20 heavy (non-hydrogen) atoms. The number of benzene rings is 1. The van der Waals surface area contributed by atoms with E-state index in [0.29, 0.717) is 12.0 Å². The highest BCUT2D eigenvalue weighted by Gasteiger charge is 2.29. The Labute approximate surface area is 120 Å². The Kier molecular flexibility index (Phi) is 4.96. The predicted octanol–water partition coefficient (Wildman–Crippen LogP) is 3.24. The van der Waals surface area contributed by atoms with Crippen molar-refractivity contribution in [2.45, 2.75) is 52.6 Å². The summed E-state index contributed by atoms with van der Waals surface area (Å²) in [7, 11) is -4.14. The molecular formula is C15H23O4P. The lowest BCUT2D eigenvalue weighted by Crippen LogP contribution is -2.24. The monoisotopic (exact) mass is 298 g/mol. The molecule has 0 radical (unpaired) electrons. The number of rotatable bonds is 5. The Morgan fingerprint density at radius 3 is 2.25 bits per heavy atom. The topological polar surface area (TPSA) is 74.6 Å². The van der Waals surface area contributed by atoms with Crippen LogP contribution in [0.1, 0.15) is 49.4 Å². The number of aryl methyl sites for hydroxylation is 2. The van der Waals surface area contributed by atoms with Crippen molar-refractivity contribution in [3.8, 4) is 0 Å². The summed E-state index contributed by atoms with van der Waals surface area (Å²) < 4.78 is 11.4. The maximum absolute atomic E-state index is 11.5. The number of hydrogen-bond donors (Lipinski definition) is 2. The van der Waals surface area contributed by atoms with E-state index in [2.05, 4.69) is 0 Å². The fourth-order valence-electron chi connectivity index (χ4n) is 3.08. The highest BCUT2D eigenvalue weighted by Crippen LogP contribution is 2.43. The summed E-state index contributed by atoms with van der Waals surface area (Å²) >= 11 is 0. The Balaban J connectivity index is 3.43. The highest BCUT2D eigenvalue weighted by molar-refractivity contribution is 7.50. The van der Waals surface area contributed by atoms with E-state index in [-0.39, 0.29) is 11.9 Å². The molecule has 0 fully saturated rings. The van der Waals surface area contributed by atoms with Crippen LogP contribution in [0.4, 0.5) is 0 Å². The molecule has 0 saturated carbocycles. The molecule has 2 N–H and O–H groups in total. The smallest absolute Gasteiger partial charge is 0.324 e. The summed E-state index contributed by atoms with van der Waals surface area (Å²) in [5, 5.41) is 0. The molecule has 0 aliphatic heterocycles. The van der Waals surface area contributed by atoms with Gasteiger partial charge in [-0.1, -0.05) is 31.5 Å². The minimum atomic E-state index is -4.14. The lowest BCUT2D eigenvalue weighted by Gasteiger charge is -2.29. The maximum atomic E-state index is 11.5. The summed E-state index contributed by atoms with van der Waals surface area (Å²) in [6.45, 7) is 9.24. The molecule has 0 aromatic heterocycles. The van der Waals surface area contributed by atoms with Gasteiger partial charge in [0.05, 0.1) is 6.16 Å². The number of hydrogen-bond acceptors (Lipinski definition) is 2. The third-order valence-electron chi connectivity index (χ3n) is 3.31. The van der Waals surface area contributed by atoms with Crippen molar-refractivity contribution < 1.29 is 19.1 Å². The molecule has 112 valence electrons. The van der Waals surface area contributed by atoms with Gasteiger partial charge in [-0.15, -0.1) is 0 Å². The summed E-state index contributed by atoms with van der Waals surface area (Å²) in [4.78, 5) is 30.0. The first-order chi connectivity index (χ1) is 8.92. The molecule has 5 heteroatoms. The minimum absolute atomic E-state index is 0.0668. The first-order valence-electron chi connectivity index (χ1n) is 6.57. The van der Waals surface area contributed by atoms with E-state index in [0.717, 1.165) is 16.7 Å². The van der Waals surface area contributed by atoms with Crippen LogP contribution in [0.5, 0.6) is 0 Å². The summed E-state index contributed by atoms with van der Waals surface area (Å²) in [6.07, 6.45) is 0.0667. The van der Waals surface area contributed by atoms with Crippen molar-refractivity contribution in [3.05, 3.63) is 34.4 Å². The van der Waals surface area contributed by atoms with Gasteiger partial charge in [-0.05, 0) is 42.9 Å². The zero-order valence-corrected chi connectivity index (χ0v) is 13.6. The van der Waals surface area contributed by atoms with Crippen LogP contribution in [0.2, 0.25) is 0 Å². The molecule has 4 nitrogen and oxygen atoms in total. The van der Waals surface area contributed by atoms with Gasteiger partial charge < -0.3 is 9.79 Å². The molecule has 0 aliphatic carbocycles. The molecule has 1 aromatic rings. The van der Waals surface area contributed by atoms with E-state index in [4.69, 9.17) is 0 Å². The minimum Gasteiger partial charge on any atom is -0.324 e. The van der Waals surface area contributed by atoms with Crippen LogP contribution in [0, 0.1) is 13.8 Å².